The molecule has 1 aromatic carbocycles. The summed E-state index contributed by atoms with van der Waals surface area (Å²) in [5.74, 6) is 2.29. The molecule has 0 spiro atoms. The van der Waals surface area contributed by atoms with E-state index in [1.807, 2.05) is 0 Å². The SMILES string of the molecule is CC(C)CNCC1CCN(CCC(C)c2ccccc2)C1. The molecule has 2 nitrogen and oxygen atoms in total. The van der Waals surface area contributed by atoms with Crippen molar-refractivity contribution in [2.75, 3.05) is 32.7 Å². The highest BCUT2D eigenvalue weighted by atomic mass is 15.1. The molecule has 2 rings (SSSR count). The van der Waals surface area contributed by atoms with Crippen LogP contribution in [0.2, 0.25) is 0 Å². The minimum atomic E-state index is 0.671. The monoisotopic (exact) mass is 288 g/mol. The molecule has 0 amide bonds. The lowest BCUT2D eigenvalue weighted by molar-refractivity contribution is 0.308. The van der Waals surface area contributed by atoms with Crippen molar-refractivity contribution in [2.24, 2.45) is 11.8 Å². The Labute approximate surface area is 130 Å². The fraction of sp³-hybridized carbons (Fsp3) is 0.684. The summed E-state index contributed by atoms with van der Waals surface area (Å²) in [6.07, 6.45) is 2.64. The van der Waals surface area contributed by atoms with Crippen molar-refractivity contribution >= 4 is 0 Å². The summed E-state index contributed by atoms with van der Waals surface area (Å²) < 4.78 is 0. The zero-order valence-electron chi connectivity index (χ0n) is 14.0. The molecule has 1 aliphatic heterocycles. The van der Waals surface area contributed by atoms with Gasteiger partial charge in [-0.25, -0.2) is 0 Å². The van der Waals surface area contributed by atoms with Gasteiger partial charge in [-0.3, -0.25) is 0 Å². The number of hydrogen-bond acceptors (Lipinski definition) is 2. The van der Waals surface area contributed by atoms with Gasteiger partial charge >= 0.3 is 0 Å². The first-order valence-electron chi connectivity index (χ1n) is 8.63. The first kappa shape index (κ1) is 16.5. The van der Waals surface area contributed by atoms with Crippen LogP contribution in [0.15, 0.2) is 30.3 Å². The number of benzene rings is 1. The minimum absolute atomic E-state index is 0.671. The van der Waals surface area contributed by atoms with Gasteiger partial charge in [0.15, 0.2) is 0 Å². The zero-order valence-corrected chi connectivity index (χ0v) is 14.0. The van der Waals surface area contributed by atoms with E-state index in [0.717, 1.165) is 18.4 Å². The number of nitrogens with zero attached hydrogens (tertiary/aromatic N) is 1. The van der Waals surface area contributed by atoms with Gasteiger partial charge in [0.2, 0.25) is 0 Å². The van der Waals surface area contributed by atoms with Gasteiger partial charge in [-0.1, -0.05) is 51.1 Å². The van der Waals surface area contributed by atoms with Crippen LogP contribution in [0.4, 0.5) is 0 Å². The molecule has 21 heavy (non-hydrogen) atoms. The van der Waals surface area contributed by atoms with E-state index in [1.165, 1.54) is 44.6 Å². The number of nitrogens with one attached hydrogen (secondary N) is 1. The molecule has 1 saturated heterocycles. The fourth-order valence-electron chi connectivity index (χ4n) is 3.18. The van der Waals surface area contributed by atoms with E-state index in [2.05, 4.69) is 61.3 Å². The van der Waals surface area contributed by atoms with E-state index >= 15 is 0 Å². The average Bonchev–Trinajstić information content (AvgIpc) is 2.93. The van der Waals surface area contributed by atoms with E-state index in [-0.39, 0.29) is 0 Å². The van der Waals surface area contributed by atoms with Crippen LogP contribution in [0.3, 0.4) is 0 Å². The molecule has 0 aromatic heterocycles. The van der Waals surface area contributed by atoms with Crippen LogP contribution in [-0.2, 0) is 0 Å². The lowest BCUT2D eigenvalue weighted by atomic mass is 9.98. The van der Waals surface area contributed by atoms with Crippen LogP contribution >= 0.6 is 0 Å². The van der Waals surface area contributed by atoms with Crippen molar-refractivity contribution < 1.29 is 0 Å². The van der Waals surface area contributed by atoms with Gasteiger partial charge in [0.05, 0.1) is 0 Å². The lowest BCUT2D eigenvalue weighted by Crippen LogP contribution is -2.29. The molecule has 1 fully saturated rings. The van der Waals surface area contributed by atoms with Crippen LogP contribution in [0.1, 0.15) is 45.1 Å². The van der Waals surface area contributed by atoms with Crippen molar-refractivity contribution in [2.45, 2.75) is 39.5 Å². The predicted molar refractivity (Wildman–Crippen MR) is 91.7 cm³/mol. The summed E-state index contributed by atoms with van der Waals surface area (Å²) in [5.41, 5.74) is 1.48. The normalized spacial score (nSPS) is 21.0. The van der Waals surface area contributed by atoms with E-state index in [4.69, 9.17) is 0 Å². The fourth-order valence-corrected chi connectivity index (χ4v) is 3.18. The summed E-state index contributed by atoms with van der Waals surface area (Å²) >= 11 is 0. The maximum absolute atomic E-state index is 3.61. The molecule has 0 bridgehead atoms. The predicted octanol–water partition coefficient (Wildman–Crippen LogP) is 3.75. The zero-order chi connectivity index (χ0) is 15.1. The maximum Gasteiger partial charge on any atom is 0.00223 e. The number of rotatable bonds is 8. The van der Waals surface area contributed by atoms with Gasteiger partial charge in [-0.05, 0) is 62.3 Å². The van der Waals surface area contributed by atoms with E-state index in [0.29, 0.717) is 5.92 Å². The molecule has 1 heterocycles. The summed E-state index contributed by atoms with van der Waals surface area (Å²) in [4.78, 5) is 2.65. The Morgan fingerprint density at radius 3 is 2.67 bits per heavy atom. The molecule has 0 radical (unpaired) electrons. The van der Waals surface area contributed by atoms with Crippen LogP contribution in [-0.4, -0.2) is 37.6 Å². The molecule has 2 atom stereocenters. The Kier molecular flexibility index (Phi) is 6.72. The van der Waals surface area contributed by atoms with Gasteiger partial charge in [0, 0.05) is 6.54 Å². The molecule has 1 aliphatic rings. The Morgan fingerprint density at radius 2 is 1.95 bits per heavy atom. The van der Waals surface area contributed by atoms with Gasteiger partial charge in [0.1, 0.15) is 0 Å². The molecule has 1 N–H and O–H groups in total. The summed E-state index contributed by atoms with van der Waals surface area (Å²) in [6.45, 7) is 13.1. The molecule has 0 aliphatic carbocycles. The highest BCUT2D eigenvalue weighted by Gasteiger charge is 2.22. The molecular weight excluding hydrogens is 256 g/mol. The van der Waals surface area contributed by atoms with E-state index < -0.39 is 0 Å². The summed E-state index contributed by atoms with van der Waals surface area (Å²) in [7, 11) is 0. The van der Waals surface area contributed by atoms with Crippen LogP contribution < -0.4 is 5.32 Å². The van der Waals surface area contributed by atoms with Crippen LogP contribution in [0, 0.1) is 11.8 Å². The Bertz CT molecular complexity index is 388. The van der Waals surface area contributed by atoms with Crippen molar-refractivity contribution in [3.8, 4) is 0 Å². The van der Waals surface area contributed by atoms with Crippen molar-refractivity contribution in [3.63, 3.8) is 0 Å². The molecule has 2 heteroatoms. The van der Waals surface area contributed by atoms with E-state index in [1.54, 1.807) is 0 Å². The molecule has 118 valence electrons. The number of hydrogen-bond donors (Lipinski definition) is 1. The minimum Gasteiger partial charge on any atom is -0.316 e. The highest BCUT2D eigenvalue weighted by molar-refractivity contribution is 5.18. The highest BCUT2D eigenvalue weighted by Crippen LogP contribution is 2.21. The topological polar surface area (TPSA) is 15.3 Å². The first-order valence-corrected chi connectivity index (χ1v) is 8.63. The third kappa shape index (κ3) is 5.80. The van der Waals surface area contributed by atoms with Gasteiger partial charge in [-0.15, -0.1) is 0 Å². The second-order valence-electron chi connectivity index (χ2n) is 7.11. The van der Waals surface area contributed by atoms with Gasteiger partial charge in [-0.2, -0.15) is 0 Å². The summed E-state index contributed by atoms with van der Waals surface area (Å²) in [6, 6.07) is 10.9. The third-order valence-corrected chi connectivity index (χ3v) is 4.60. The lowest BCUT2D eigenvalue weighted by Gasteiger charge is -2.19. The van der Waals surface area contributed by atoms with Crippen molar-refractivity contribution in [1.29, 1.82) is 0 Å². The number of likely N-dealkylation sites (tertiary alicyclic amines) is 1. The van der Waals surface area contributed by atoms with Crippen molar-refractivity contribution in [1.82, 2.24) is 10.2 Å². The van der Waals surface area contributed by atoms with E-state index in [9.17, 15) is 0 Å². The summed E-state index contributed by atoms with van der Waals surface area (Å²) in [5, 5.41) is 3.61. The van der Waals surface area contributed by atoms with Gasteiger partial charge < -0.3 is 10.2 Å². The standard InChI is InChI=1S/C19H32N2/c1-16(2)13-20-14-18-10-12-21(15-18)11-9-17(3)19-7-5-4-6-8-19/h4-8,16-18,20H,9-15H2,1-3H3. The molecule has 0 saturated carbocycles. The Morgan fingerprint density at radius 1 is 1.19 bits per heavy atom. The van der Waals surface area contributed by atoms with Crippen molar-refractivity contribution in [3.05, 3.63) is 35.9 Å². The molecule has 2 unspecified atom stereocenters. The second-order valence-corrected chi connectivity index (χ2v) is 7.11. The smallest absolute Gasteiger partial charge is 0.00223 e. The quantitative estimate of drug-likeness (QED) is 0.784. The Hall–Kier alpha value is -0.860. The third-order valence-electron chi connectivity index (χ3n) is 4.60. The maximum atomic E-state index is 3.61. The molecule has 1 aromatic rings. The van der Waals surface area contributed by atoms with Gasteiger partial charge in [0.25, 0.3) is 0 Å². The Balaban J connectivity index is 1.64. The van der Waals surface area contributed by atoms with Crippen LogP contribution in [0.25, 0.3) is 0 Å². The second kappa shape index (κ2) is 8.55. The largest absolute Gasteiger partial charge is 0.316 e. The first-order chi connectivity index (χ1) is 10.1. The molecular formula is C19H32N2. The van der Waals surface area contributed by atoms with Crippen LogP contribution in [0.5, 0.6) is 0 Å². The average molecular weight is 288 g/mol.